The van der Waals surface area contributed by atoms with Crippen LogP contribution >= 0.6 is 0 Å². The highest BCUT2D eigenvalue weighted by molar-refractivity contribution is 5.71. The van der Waals surface area contributed by atoms with Gasteiger partial charge in [-0.1, -0.05) is 31.2 Å². The van der Waals surface area contributed by atoms with Crippen LogP contribution in [0, 0.1) is 5.92 Å². The molecule has 0 aromatic rings. The van der Waals surface area contributed by atoms with Gasteiger partial charge in [0.1, 0.15) is 0 Å². The molecule has 1 atom stereocenters. The lowest BCUT2D eigenvalue weighted by Gasteiger charge is -2.09. The Morgan fingerprint density at radius 2 is 1.94 bits per heavy atom. The van der Waals surface area contributed by atoms with E-state index in [1.165, 1.54) is 0 Å². The van der Waals surface area contributed by atoms with E-state index in [0.29, 0.717) is 18.9 Å². The van der Waals surface area contributed by atoms with Gasteiger partial charge in [0.15, 0.2) is 0 Å². The van der Waals surface area contributed by atoms with Crippen molar-refractivity contribution >= 4 is 5.97 Å². The van der Waals surface area contributed by atoms with Crippen LogP contribution in [-0.2, 0) is 9.53 Å². The quantitative estimate of drug-likeness (QED) is 0.462. The highest BCUT2D eigenvalue weighted by atomic mass is 16.5. The maximum atomic E-state index is 11.3. The molecular formula is C14H22O2. The first-order valence-electron chi connectivity index (χ1n) is 6.24. The first-order valence-corrected chi connectivity index (χ1v) is 6.24. The van der Waals surface area contributed by atoms with Crippen molar-refractivity contribution in [1.29, 1.82) is 0 Å². The molecule has 0 saturated carbocycles. The van der Waals surface area contributed by atoms with Crippen LogP contribution in [0.2, 0.25) is 0 Å². The number of rotatable bonds is 0. The summed E-state index contributed by atoms with van der Waals surface area (Å²) in [5.41, 5.74) is 0. The first-order chi connectivity index (χ1) is 7.79. The molecule has 0 radical (unpaired) electrons. The van der Waals surface area contributed by atoms with E-state index in [1.807, 2.05) is 6.08 Å². The largest absolute Gasteiger partial charge is 0.465 e. The van der Waals surface area contributed by atoms with Gasteiger partial charge in [0.2, 0.25) is 0 Å². The lowest BCUT2D eigenvalue weighted by molar-refractivity contribution is -0.142. The lowest BCUT2D eigenvalue weighted by Crippen LogP contribution is -2.07. The molecule has 1 rings (SSSR count). The van der Waals surface area contributed by atoms with E-state index >= 15 is 0 Å². The fraction of sp³-hybridized carbons (Fsp3) is 0.643. The number of carbonyl (C=O) groups excluding carboxylic acids is 1. The summed E-state index contributed by atoms with van der Waals surface area (Å²) in [4.78, 5) is 11.3. The maximum absolute atomic E-state index is 11.3. The molecule has 0 amide bonds. The van der Waals surface area contributed by atoms with Crippen molar-refractivity contribution < 1.29 is 9.53 Å². The molecule has 2 heteroatoms. The topological polar surface area (TPSA) is 26.3 Å². The Hall–Kier alpha value is -1.05. The molecule has 1 unspecified atom stereocenters. The predicted octanol–water partition coefficient (Wildman–Crippen LogP) is 3.63. The minimum atomic E-state index is -0.101. The van der Waals surface area contributed by atoms with E-state index in [1.54, 1.807) is 0 Å². The zero-order valence-electron chi connectivity index (χ0n) is 10.2. The summed E-state index contributed by atoms with van der Waals surface area (Å²) in [7, 11) is 0. The average molecular weight is 222 g/mol. The average Bonchev–Trinajstić information content (AvgIpc) is 2.26. The van der Waals surface area contributed by atoms with Gasteiger partial charge in [0.25, 0.3) is 0 Å². The van der Waals surface area contributed by atoms with Crippen molar-refractivity contribution in [2.75, 3.05) is 6.61 Å². The Kier molecular flexibility index (Phi) is 6.62. The number of hydrogen-bond donors (Lipinski definition) is 0. The number of hydrogen-bond acceptors (Lipinski definition) is 2. The minimum Gasteiger partial charge on any atom is -0.465 e. The SMILES string of the molecule is CC1C/C=C\CCC/C=C/CC(=O)OCC1. The van der Waals surface area contributed by atoms with Gasteiger partial charge < -0.3 is 4.74 Å². The predicted molar refractivity (Wildman–Crippen MR) is 66.1 cm³/mol. The molecule has 0 N–H and O–H groups in total. The third kappa shape index (κ3) is 6.44. The molecule has 0 spiro atoms. The van der Waals surface area contributed by atoms with Crippen LogP contribution in [0.25, 0.3) is 0 Å². The van der Waals surface area contributed by atoms with E-state index in [9.17, 15) is 4.79 Å². The number of cyclic esters (lactones) is 1. The zero-order valence-corrected chi connectivity index (χ0v) is 10.2. The fourth-order valence-electron chi connectivity index (χ4n) is 1.65. The van der Waals surface area contributed by atoms with Crippen molar-refractivity contribution in [3.8, 4) is 0 Å². The van der Waals surface area contributed by atoms with Crippen LogP contribution in [0.5, 0.6) is 0 Å². The Balaban J connectivity index is 2.38. The van der Waals surface area contributed by atoms with Gasteiger partial charge in [-0.2, -0.15) is 0 Å². The molecule has 2 nitrogen and oxygen atoms in total. The highest BCUT2D eigenvalue weighted by Gasteiger charge is 2.03. The van der Waals surface area contributed by atoms with E-state index in [0.717, 1.165) is 32.1 Å². The summed E-state index contributed by atoms with van der Waals surface area (Å²) in [5.74, 6) is 0.499. The van der Waals surface area contributed by atoms with Crippen molar-refractivity contribution in [3.63, 3.8) is 0 Å². The van der Waals surface area contributed by atoms with Crippen LogP contribution in [0.4, 0.5) is 0 Å². The summed E-state index contributed by atoms with van der Waals surface area (Å²) in [5, 5.41) is 0. The first kappa shape index (κ1) is 13.0. The van der Waals surface area contributed by atoms with Crippen LogP contribution < -0.4 is 0 Å². The molecule has 16 heavy (non-hydrogen) atoms. The zero-order chi connectivity index (χ0) is 11.6. The van der Waals surface area contributed by atoms with Crippen molar-refractivity contribution in [2.24, 2.45) is 5.92 Å². The highest BCUT2D eigenvalue weighted by Crippen LogP contribution is 2.10. The lowest BCUT2D eigenvalue weighted by atomic mass is 10.0. The Labute approximate surface area is 98.4 Å². The van der Waals surface area contributed by atoms with Crippen molar-refractivity contribution in [3.05, 3.63) is 24.3 Å². The number of ether oxygens (including phenoxy) is 1. The van der Waals surface area contributed by atoms with Gasteiger partial charge in [-0.05, 0) is 38.0 Å². The molecule has 0 saturated heterocycles. The molecule has 90 valence electrons. The van der Waals surface area contributed by atoms with E-state index in [2.05, 4.69) is 25.2 Å². The van der Waals surface area contributed by atoms with Crippen LogP contribution in [0.15, 0.2) is 24.3 Å². The van der Waals surface area contributed by atoms with Gasteiger partial charge in [0.05, 0.1) is 13.0 Å². The number of allylic oxidation sites excluding steroid dienone is 3. The molecule has 1 heterocycles. The van der Waals surface area contributed by atoms with E-state index in [-0.39, 0.29) is 5.97 Å². The van der Waals surface area contributed by atoms with Gasteiger partial charge in [-0.25, -0.2) is 0 Å². The Morgan fingerprint density at radius 1 is 1.19 bits per heavy atom. The number of carbonyl (C=O) groups is 1. The second-order valence-corrected chi connectivity index (χ2v) is 4.43. The Bertz CT molecular complexity index is 253. The summed E-state index contributed by atoms with van der Waals surface area (Å²) >= 11 is 0. The van der Waals surface area contributed by atoms with E-state index in [4.69, 9.17) is 4.74 Å². The van der Waals surface area contributed by atoms with Crippen molar-refractivity contribution in [2.45, 2.75) is 45.4 Å². The molecule has 1 aliphatic rings. The maximum Gasteiger partial charge on any atom is 0.309 e. The summed E-state index contributed by atoms with van der Waals surface area (Å²) < 4.78 is 5.14. The van der Waals surface area contributed by atoms with Crippen LogP contribution in [0.1, 0.15) is 45.4 Å². The van der Waals surface area contributed by atoms with Crippen molar-refractivity contribution in [1.82, 2.24) is 0 Å². The second-order valence-electron chi connectivity index (χ2n) is 4.43. The van der Waals surface area contributed by atoms with Gasteiger partial charge >= 0.3 is 5.97 Å². The molecule has 1 aliphatic heterocycles. The van der Waals surface area contributed by atoms with Gasteiger partial charge in [-0.15, -0.1) is 0 Å². The smallest absolute Gasteiger partial charge is 0.309 e. The second kappa shape index (κ2) is 8.14. The van der Waals surface area contributed by atoms with Gasteiger partial charge in [0, 0.05) is 0 Å². The monoisotopic (exact) mass is 222 g/mol. The molecule has 0 aromatic carbocycles. The summed E-state index contributed by atoms with van der Waals surface area (Å²) in [6, 6.07) is 0. The molecule has 0 fully saturated rings. The molecule has 0 aliphatic carbocycles. The molecular weight excluding hydrogens is 200 g/mol. The third-order valence-corrected chi connectivity index (χ3v) is 2.77. The van der Waals surface area contributed by atoms with Crippen LogP contribution in [0.3, 0.4) is 0 Å². The standard InChI is InChI=1S/C14H22O2/c1-13-9-7-5-3-2-4-6-8-10-14(15)16-12-11-13/h5-8,13H,2-4,9-12H2,1H3/b7-5-,8-6+. The normalized spacial score (nSPS) is 28.8. The minimum absolute atomic E-state index is 0.101. The van der Waals surface area contributed by atoms with Gasteiger partial charge in [-0.3, -0.25) is 4.79 Å². The summed E-state index contributed by atoms with van der Waals surface area (Å²) in [6.07, 6.45) is 14.3. The third-order valence-electron chi connectivity index (χ3n) is 2.77. The van der Waals surface area contributed by atoms with Crippen LogP contribution in [-0.4, -0.2) is 12.6 Å². The van der Waals surface area contributed by atoms with E-state index < -0.39 is 0 Å². The number of esters is 1. The molecule has 0 bridgehead atoms. The summed E-state index contributed by atoms with van der Waals surface area (Å²) in [6.45, 7) is 2.76. The molecule has 0 aromatic heterocycles. The Morgan fingerprint density at radius 3 is 2.75 bits per heavy atom. The fourth-order valence-corrected chi connectivity index (χ4v) is 1.65.